The molecule has 12 heteroatoms. The largest absolute Gasteiger partial charge is 0.456 e. The van der Waals surface area contributed by atoms with E-state index in [4.69, 9.17) is 25.8 Å². The number of hydrogen-bond donors (Lipinski definition) is 2. The Balaban J connectivity index is 1.10. The monoisotopic (exact) mass is 583 g/mol. The molecule has 0 aliphatic carbocycles. The SMILES string of the molecule is O=C(C#CCCOC1CCCCO1)Nc1ccc2ncnc(Nc3ccc(Oc4ccn5ncnc5c4)c(Cl)c3)c2c1. The fourth-order valence-electron chi connectivity index (χ4n) is 4.41. The number of nitrogens with one attached hydrogen (secondary N) is 2. The number of pyridine rings is 1. The van der Waals surface area contributed by atoms with Crippen LogP contribution in [0.15, 0.2) is 67.4 Å². The fraction of sp³-hybridized carbons (Fsp3) is 0.233. The molecule has 5 aromatic rings. The van der Waals surface area contributed by atoms with Crippen molar-refractivity contribution in [2.75, 3.05) is 23.8 Å². The van der Waals surface area contributed by atoms with E-state index in [9.17, 15) is 4.79 Å². The molecule has 0 spiro atoms. The third-order valence-corrected chi connectivity index (χ3v) is 6.73. The standard InChI is InChI=1S/C30H26ClN7O4/c31-24-16-21(8-10-26(24)42-22-11-12-38-27(17-22)33-19-35-38)37-30-23-15-20(7-9-25(23)32-18-34-30)36-28(39)5-1-3-13-40-29-6-2-4-14-41-29/h7-12,15-19,29H,2-4,6,13-14H2,(H,36,39)(H,32,34,37). The van der Waals surface area contributed by atoms with Gasteiger partial charge in [0.05, 0.1) is 17.1 Å². The zero-order valence-corrected chi connectivity index (χ0v) is 23.2. The normalized spacial score (nSPS) is 14.7. The molecule has 2 N–H and O–H groups in total. The number of halogens is 1. The van der Waals surface area contributed by atoms with Crippen LogP contribution < -0.4 is 15.4 Å². The highest BCUT2D eigenvalue weighted by Gasteiger charge is 2.13. The number of carbonyl (C=O) groups is 1. The molecule has 3 aromatic heterocycles. The fourth-order valence-corrected chi connectivity index (χ4v) is 4.63. The lowest BCUT2D eigenvalue weighted by molar-refractivity contribution is -0.161. The molecule has 1 amide bonds. The van der Waals surface area contributed by atoms with Gasteiger partial charge in [-0.25, -0.2) is 19.5 Å². The van der Waals surface area contributed by atoms with Crippen LogP contribution >= 0.6 is 11.6 Å². The topological polar surface area (TPSA) is 125 Å². The summed E-state index contributed by atoms with van der Waals surface area (Å²) in [6.45, 7) is 1.15. The molecule has 4 heterocycles. The lowest BCUT2D eigenvalue weighted by Gasteiger charge is -2.22. The van der Waals surface area contributed by atoms with E-state index < -0.39 is 5.91 Å². The quantitative estimate of drug-likeness (QED) is 0.174. The van der Waals surface area contributed by atoms with Gasteiger partial charge in [-0.2, -0.15) is 5.10 Å². The van der Waals surface area contributed by atoms with E-state index in [2.05, 4.69) is 42.5 Å². The second kappa shape index (κ2) is 12.8. The molecule has 2 aromatic carbocycles. The third-order valence-electron chi connectivity index (χ3n) is 6.44. The average molecular weight is 584 g/mol. The first-order valence-corrected chi connectivity index (χ1v) is 13.8. The van der Waals surface area contributed by atoms with E-state index in [1.165, 1.54) is 12.7 Å². The molecule has 1 aliphatic heterocycles. The maximum Gasteiger partial charge on any atom is 0.300 e. The van der Waals surface area contributed by atoms with Crippen LogP contribution in [-0.4, -0.2) is 50.0 Å². The minimum atomic E-state index is -0.417. The molecule has 11 nitrogen and oxygen atoms in total. The van der Waals surface area contributed by atoms with E-state index in [1.807, 2.05) is 6.07 Å². The van der Waals surface area contributed by atoms with Gasteiger partial charge in [-0.1, -0.05) is 17.5 Å². The minimum Gasteiger partial charge on any atom is -0.456 e. The number of nitrogens with zero attached hydrogens (tertiary/aromatic N) is 5. The van der Waals surface area contributed by atoms with Gasteiger partial charge in [0.15, 0.2) is 11.9 Å². The van der Waals surface area contributed by atoms with Gasteiger partial charge in [0.25, 0.3) is 5.91 Å². The second-order valence-electron chi connectivity index (χ2n) is 9.42. The molecule has 1 aliphatic rings. The van der Waals surface area contributed by atoms with Crippen LogP contribution in [0, 0.1) is 11.8 Å². The summed E-state index contributed by atoms with van der Waals surface area (Å²) in [6.07, 6.45) is 8.04. The number of benzene rings is 2. The van der Waals surface area contributed by atoms with Crippen molar-refractivity contribution in [1.29, 1.82) is 0 Å². The Kier molecular flexibility index (Phi) is 8.37. The third kappa shape index (κ3) is 6.75. The molecule has 0 saturated carbocycles. The Morgan fingerprint density at radius 1 is 1.07 bits per heavy atom. The van der Waals surface area contributed by atoms with Crippen molar-refractivity contribution in [3.05, 3.63) is 72.4 Å². The number of ether oxygens (including phenoxy) is 3. The predicted octanol–water partition coefficient (Wildman–Crippen LogP) is 5.74. The van der Waals surface area contributed by atoms with Crippen LogP contribution in [0.4, 0.5) is 17.2 Å². The zero-order valence-electron chi connectivity index (χ0n) is 22.4. The van der Waals surface area contributed by atoms with Gasteiger partial charge in [0.1, 0.15) is 30.0 Å². The zero-order chi connectivity index (χ0) is 28.7. The molecule has 1 unspecified atom stereocenters. The Morgan fingerprint density at radius 2 is 2.00 bits per heavy atom. The van der Waals surface area contributed by atoms with Crippen molar-refractivity contribution >= 4 is 51.3 Å². The maximum absolute atomic E-state index is 12.4. The highest BCUT2D eigenvalue weighted by molar-refractivity contribution is 6.32. The summed E-state index contributed by atoms with van der Waals surface area (Å²) < 4.78 is 18.8. The molecular weight excluding hydrogens is 558 g/mol. The predicted molar refractivity (Wildman–Crippen MR) is 158 cm³/mol. The number of fused-ring (bicyclic) bond motifs is 2. The smallest absolute Gasteiger partial charge is 0.300 e. The van der Waals surface area contributed by atoms with Gasteiger partial charge in [-0.3, -0.25) is 4.79 Å². The molecule has 6 rings (SSSR count). The maximum atomic E-state index is 12.4. The molecule has 42 heavy (non-hydrogen) atoms. The van der Waals surface area contributed by atoms with Gasteiger partial charge in [0, 0.05) is 42.1 Å². The number of anilines is 3. The first-order chi connectivity index (χ1) is 20.6. The molecular formula is C30H26ClN7O4. The minimum absolute atomic E-state index is 0.166. The Hall–Kier alpha value is -4.76. The van der Waals surface area contributed by atoms with E-state index >= 15 is 0 Å². The van der Waals surface area contributed by atoms with Crippen LogP contribution in [-0.2, 0) is 14.3 Å². The Bertz CT molecular complexity index is 1790. The van der Waals surface area contributed by atoms with Gasteiger partial charge >= 0.3 is 0 Å². The average Bonchev–Trinajstić information content (AvgIpc) is 3.47. The van der Waals surface area contributed by atoms with Crippen molar-refractivity contribution in [2.45, 2.75) is 32.0 Å². The van der Waals surface area contributed by atoms with E-state index in [-0.39, 0.29) is 6.29 Å². The highest BCUT2D eigenvalue weighted by atomic mass is 35.5. The number of amides is 1. The van der Waals surface area contributed by atoms with Crippen LogP contribution in [0.25, 0.3) is 16.6 Å². The molecule has 1 fully saturated rings. The van der Waals surface area contributed by atoms with Crippen molar-refractivity contribution in [1.82, 2.24) is 24.6 Å². The summed E-state index contributed by atoms with van der Waals surface area (Å²) in [5.41, 5.74) is 2.63. The van der Waals surface area contributed by atoms with Crippen molar-refractivity contribution in [3.8, 4) is 23.3 Å². The molecule has 212 valence electrons. The first-order valence-electron chi connectivity index (χ1n) is 13.4. The first kappa shape index (κ1) is 27.4. The van der Waals surface area contributed by atoms with Crippen molar-refractivity contribution < 1.29 is 19.0 Å². The van der Waals surface area contributed by atoms with Crippen LogP contribution in [0.5, 0.6) is 11.5 Å². The summed E-state index contributed by atoms with van der Waals surface area (Å²) in [5, 5.41) is 11.3. The number of carbonyl (C=O) groups excluding carboxylic acids is 1. The van der Waals surface area contributed by atoms with Crippen molar-refractivity contribution in [3.63, 3.8) is 0 Å². The summed E-state index contributed by atoms with van der Waals surface area (Å²) in [7, 11) is 0. The highest BCUT2D eigenvalue weighted by Crippen LogP contribution is 2.34. The van der Waals surface area contributed by atoms with Gasteiger partial charge in [-0.05, 0) is 67.6 Å². The number of hydrogen-bond acceptors (Lipinski definition) is 9. The van der Waals surface area contributed by atoms with E-state index in [1.54, 1.807) is 53.2 Å². The van der Waals surface area contributed by atoms with Crippen molar-refractivity contribution in [2.24, 2.45) is 0 Å². The second-order valence-corrected chi connectivity index (χ2v) is 9.83. The van der Waals surface area contributed by atoms with Crippen LogP contribution in [0.2, 0.25) is 5.02 Å². The van der Waals surface area contributed by atoms with Gasteiger partial charge < -0.3 is 24.8 Å². The molecule has 0 bridgehead atoms. The van der Waals surface area contributed by atoms with Gasteiger partial charge in [-0.15, -0.1) is 0 Å². The van der Waals surface area contributed by atoms with Crippen LogP contribution in [0.3, 0.4) is 0 Å². The van der Waals surface area contributed by atoms with E-state index in [0.717, 1.165) is 25.9 Å². The summed E-state index contributed by atoms with van der Waals surface area (Å²) in [4.78, 5) is 25.3. The number of aromatic nitrogens is 5. The lowest BCUT2D eigenvalue weighted by atomic mass is 10.2. The number of rotatable bonds is 8. The summed E-state index contributed by atoms with van der Waals surface area (Å²) in [5.74, 6) is 6.65. The molecule has 0 radical (unpaired) electrons. The summed E-state index contributed by atoms with van der Waals surface area (Å²) in [6, 6.07) is 14.2. The summed E-state index contributed by atoms with van der Waals surface area (Å²) >= 11 is 6.54. The van der Waals surface area contributed by atoms with E-state index in [0.29, 0.717) is 63.3 Å². The Morgan fingerprint density at radius 3 is 2.88 bits per heavy atom. The lowest BCUT2D eigenvalue weighted by Crippen LogP contribution is -2.22. The Labute approximate surface area is 246 Å². The molecule has 1 saturated heterocycles. The van der Waals surface area contributed by atoms with Gasteiger partial charge in [0.2, 0.25) is 0 Å². The van der Waals surface area contributed by atoms with Crippen LogP contribution in [0.1, 0.15) is 25.7 Å². The molecule has 1 atom stereocenters.